The van der Waals surface area contributed by atoms with Crippen LogP contribution in [0, 0.1) is 0 Å². The third kappa shape index (κ3) is 2.64. The molecule has 9 nitrogen and oxygen atoms in total. The average molecular weight is 271 g/mol. The number of rotatable bonds is 4. The number of hydrogen-bond acceptors (Lipinski definition) is 8. The SMILES string of the molecule is COC(=O)Cn1nnnc1SC1CC(=O)NC1=O. The van der Waals surface area contributed by atoms with Gasteiger partial charge in [0.2, 0.25) is 17.0 Å². The number of ether oxygens (including phenoxy) is 1. The van der Waals surface area contributed by atoms with Crippen LogP contribution in [0.5, 0.6) is 0 Å². The summed E-state index contributed by atoms with van der Waals surface area (Å²) in [6.07, 6.45) is 0.0780. The standard InChI is InChI=1S/C8H9N5O4S/c1-17-6(15)3-13-8(10-11-12-13)18-4-2-5(14)9-7(4)16/h4H,2-3H2,1H3,(H,9,14,16). The van der Waals surface area contributed by atoms with Crippen LogP contribution in [-0.2, 0) is 25.7 Å². The van der Waals surface area contributed by atoms with Gasteiger partial charge in [0.15, 0.2) is 0 Å². The second-order valence-corrected chi connectivity index (χ2v) is 4.59. The Morgan fingerprint density at radius 1 is 1.61 bits per heavy atom. The van der Waals surface area contributed by atoms with Gasteiger partial charge >= 0.3 is 5.97 Å². The Kier molecular flexibility index (Phi) is 3.55. The highest BCUT2D eigenvalue weighted by Crippen LogP contribution is 2.25. The van der Waals surface area contributed by atoms with Crippen LogP contribution in [0.4, 0.5) is 0 Å². The Balaban J connectivity index is 2.06. The number of nitrogens with one attached hydrogen (secondary N) is 1. The van der Waals surface area contributed by atoms with Gasteiger partial charge in [-0.1, -0.05) is 11.8 Å². The molecule has 2 amide bonds. The van der Waals surface area contributed by atoms with Gasteiger partial charge in [0, 0.05) is 6.42 Å². The van der Waals surface area contributed by atoms with Gasteiger partial charge in [0.25, 0.3) is 0 Å². The maximum Gasteiger partial charge on any atom is 0.327 e. The molecule has 10 heteroatoms. The first-order valence-corrected chi connectivity index (χ1v) is 5.81. The fraction of sp³-hybridized carbons (Fsp3) is 0.500. The molecule has 1 aliphatic rings. The van der Waals surface area contributed by atoms with E-state index in [1.165, 1.54) is 11.8 Å². The van der Waals surface area contributed by atoms with Crippen molar-refractivity contribution in [1.29, 1.82) is 0 Å². The van der Waals surface area contributed by atoms with Crippen molar-refractivity contribution in [1.82, 2.24) is 25.5 Å². The van der Waals surface area contributed by atoms with E-state index in [1.54, 1.807) is 0 Å². The van der Waals surface area contributed by atoms with Crippen LogP contribution in [-0.4, -0.2) is 50.4 Å². The minimum atomic E-state index is -0.570. The lowest BCUT2D eigenvalue weighted by atomic mass is 10.4. The Bertz CT molecular complexity index is 501. The van der Waals surface area contributed by atoms with Crippen molar-refractivity contribution >= 4 is 29.5 Å². The molecule has 96 valence electrons. The zero-order chi connectivity index (χ0) is 13.1. The summed E-state index contributed by atoms with van der Waals surface area (Å²) < 4.78 is 5.70. The number of esters is 1. The molecule has 1 saturated heterocycles. The fourth-order valence-electron chi connectivity index (χ4n) is 1.32. The molecule has 1 aliphatic heterocycles. The monoisotopic (exact) mass is 271 g/mol. The third-order valence-electron chi connectivity index (χ3n) is 2.18. The van der Waals surface area contributed by atoms with Crippen LogP contribution in [0.2, 0.25) is 0 Å². The number of carbonyl (C=O) groups excluding carboxylic acids is 3. The highest BCUT2D eigenvalue weighted by Gasteiger charge is 2.33. The second-order valence-electron chi connectivity index (χ2n) is 3.42. The molecule has 0 saturated carbocycles. The van der Waals surface area contributed by atoms with E-state index < -0.39 is 11.2 Å². The fourth-order valence-corrected chi connectivity index (χ4v) is 2.28. The number of nitrogens with zero attached hydrogens (tertiary/aromatic N) is 4. The van der Waals surface area contributed by atoms with E-state index in [0.717, 1.165) is 11.8 Å². The van der Waals surface area contributed by atoms with Gasteiger partial charge in [-0.25, -0.2) is 4.68 Å². The smallest absolute Gasteiger partial charge is 0.327 e. The maximum atomic E-state index is 11.4. The number of aromatic nitrogens is 4. The molecule has 2 heterocycles. The molecule has 18 heavy (non-hydrogen) atoms. The topological polar surface area (TPSA) is 116 Å². The van der Waals surface area contributed by atoms with Gasteiger partial charge in [0.1, 0.15) is 11.8 Å². The summed E-state index contributed by atoms with van der Waals surface area (Å²) in [4.78, 5) is 33.5. The van der Waals surface area contributed by atoms with Crippen molar-refractivity contribution in [2.45, 2.75) is 23.4 Å². The zero-order valence-corrected chi connectivity index (χ0v) is 10.1. The van der Waals surface area contributed by atoms with Gasteiger partial charge < -0.3 is 4.74 Å². The van der Waals surface area contributed by atoms with Crippen molar-refractivity contribution in [3.8, 4) is 0 Å². The number of hydrogen-bond donors (Lipinski definition) is 1. The lowest BCUT2D eigenvalue weighted by molar-refractivity contribution is -0.141. The summed E-state index contributed by atoms with van der Waals surface area (Å²) in [5.74, 6) is -1.21. The summed E-state index contributed by atoms with van der Waals surface area (Å²) in [6.45, 7) is -0.145. The van der Waals surface area contributed by atoms with Gasteiger partial charge in [-0.2, -0.15) is 0 Å². The summed E-state index contributed by atoms with van der Waals surface area (Å²) >= 11 is 1.04. The molecule has 0 spiro atoms. The normalized spacial score (nSPS) is 18.8. The molecule has 1 unspecified atom stereocenters. The van der Waals surface area contributed by atoms with Crippen molar-refractivity contribution < 1.29 is 19.1 Å². The number of carbonyl (C=O) groups is 3. The predicted molar refractivity (Wildman–Crippen MR) is 57.2 cm³/mol. The number of thioether (sulfide) groups is 1. The average Bonchev–Trinajstić information content (AvgIpc) is 2.87. The van der Waals surface area contributed by atoms with Gasteiger partial charge in [0.05, 0.1) is 7.11 Å². The number of imide groups is 1. The molecule has 1 aromatic rings. The first-order valence-electron chi connectivity index (χ1n) is 4.93. The number of methoxy groups -OCH3 is 1. The third-order valence-corrected chi connectivity index (χ3v) is 3.35. The lowest BCUT2D eigenvalue weighted by Crippen LogP contribution is -2.23. The molecule has 0 aromatic carbocycles. The lowest BCUT2D eigenvalue weighted by Gasteiger charge is -2.05. The van der Waals surface area contributed by atoms with Crippen molar-refractivity contribution in [3.05, 3.63) is 0 Å². The van der Waals surface area contributed by atoms with E-state index in [-0.39, 0.29) is 29.9 Å². The highest BCUT2D eigenvalue weighted by atomic mass is 32.2. The molecular formula is C8H9N5O4S. The summed E-state index contributed by atoms with van der Waals surface area (Å²) in [5, 5.41) is 12.6. The molecule has 1 N–H and O–H groups in total. The first kappa shape index (κ1) is 12.5. The van der Waals surface area contributed by atoms with Gasteiger partial charge in [-0.3, -0.25) is 19.7 Å². The second kappa shape index (κ2) is 5.12. The van der Waals surface area contributed by atoms with E-state index in [0.29, 0.717) is 0 Å². The predicted octanol–water partition coefficient (Wildman–Crippen LogP) is -1.65. The largest absolute Gasteiger partial charge is 0.468 e. The summed E-state index contributed by atoms with van der Waals surface area (Å²) in [7, 11) is 1.25. The maximum absolute atomic E-state index is 11.4. The van der Waals surface area contributed by atoms with E-state index in [1.807, 2.05) is 0 Å². The highest BCUT2D eigenvalue weighted by molar-refractivity contribution is 8.00. The Hall–Kier alpha value is -1.97. The Morgan fingerprint density at radius 2 is 2.39 bits per heavy atom. The summed E-state index contributed by atoms with van der Waals surface area (Å²) in [6, 6.07) is 0. The van der Waals surface area contributed by atoms with Crippen LogP contribution < -0.4 is 5.32 Å². The van der Waals surface area contributed by atoms with Crippen molar-refractivity contribution in [2.24, 2.45) is 0 Å². The van der Waals surface area contributed by atoms with Crippen molar-refractivity contribution in [3.63, 3.8) is 0 Å². The molecule has 0 radical (unpaired) electrons. The molecule has 2 rings (SSSR count). The van der Waals surface area contributed by atoms with Crippen LogP contribution in [0.3, 0.4) is 0 Å². The molecule has 1 aromatic heterocycles. The Labute approximate surface area is 105 Å². The molecule has 1 fully saturated rings. The Morgan fingerprint density at radius 3 is 3.00 bits per heavy atom. The van der Waals surface area contributed by atoms with E-state index in [4.69, 9.17) is 0 Å². The molecular weight excluding hydrogens is 262 g/mol. The minimum absolute atomic E-state index is 0.0780. The van der Waals surface area contributed by atoms with E-state index >= 15 is 0 Å². The van der Waals surface area contributed by atoms with Crippen molar-refractivity contribution in [2.75, 3.05) is 7.11 Å². The zero-order valence-electron chi connectivity index (χ0n) is 9.32. The first-order chi connectivity index (χ1) is 8.60. The van der Waals surface area contributed by atoms with E-state index in [2.05, 4.69) is 25.6 Å². The van der Waals surface area contributed by atoms with Crippen LogP contribution in [0.15, 0.2) is 5.16 Å². The van der Waals surface area contributed by atoms with Crippen LogP contribution in [0.1, 0.15) is 6.42 Å². The quantitative estimate of drug-likeness (QED) is 0.511. The number of tetrazole rings is 1. The molecule has 0 aliphatic carbocycles. The van der Waals surface area contributed by atoms with Crippen LogP contribution in [0.25, 0.3) is 0 Å². The summed E-state index contributed by atoms with van der Waals surface area (Å²) in [5.41, 5.74) is 0. The van der Waals surface area contributed by atoms with Gasteiger partial charge in [-0.05, 0) is 10.4 Å². The van der Waals surface area contributed by atoms with Crippen LogP contribution >= 0.6 is 11.8 Å². The van der Waals surface area contributed by atoms with Gasteiger partial charge in [-0.15, -0.1) is 5.10 Å². The van der Waals surface area contributed by atoms with E-state index in [9.17, 15) is 14.4 Å². The molecule has 0 bridgehead atoms. The minimum Gasteiger partial charge on any atom is -0.468 e. The molecule has 1 atom stereocenters. The number of amides is 2.